The van der Waals surface area contributed by atoms with Crippen LogP contribution in [0.1, 0.15) is 17.0 Å². The summed E-state index contributed by atoms with van der Waals surface area (Å²) in [7, 11) is 1.70. The maximum absolute atomic E-state index is 14.7. The number of aryl methyl sites for hydroxylation is 1. The van der Waals surface area contributed by atoms with Gasteiger partial charge in [0.25, 0.3) is 6.47 Å². The van der Waals surface area contributed by atoms with E-state index in [1.807, 2.05) is 6.07 Å². The van der Waals surface area contributed by atoms with E-state index in [0.717, 1.165) is 16.7 Å². The molecule has 3 aromatic heterocycles. The standard InChI is InChI=1S/C22H18FN5O3.CH2O2/c1-27-8-12(2-5-19(27)29)14-6-18-22(28-11-25-26-21(14)28)24-7-15-16(23)3-4-17-20(15)13(9-30-17)10-31-18;2-1-3/h2-6,8,11,13,24H,7,9-10H2,1H3;1H,(H,2,3)/t13-;/m1./s1. The number of benzene rings is 1. The molecule has 0 unspecified atom stereocenters. The van der Waals surface area contributed by atoms with Crippen LogP contribution in [0.25, 0.3) is 16.8 Å². The van der Waals surface area contributed by atoms with Crippen molar-refractivity contribution in [2.24, 2.45) is 7.05 Å². The molecule has 0 saturated carbocycles. The molecule has 11 heteroatoms. The number of ether oxygens (including phenoxy) is 2. The molecule has 0 aliphatic carbocycles. The van der Waals surface area contributed by atoms with Crippen LogP contribution in [0, 0.1) is 5.82 Å². The Morgan fingerprint density at radius 1 is 1.21 bits per heavy atom. The third-order valence-electron chi connectivity index (χ3n) is 5.92. The first-order chi connectivity index (χ1) is 16.5. The minimum absolute atomic E-state index is 0.0638. The van der Waals surface area contributed by atoms with Crippen LogP contribution in [0.3, 0.4) is 0 Å². The van der Waals surface area contributed by atoms with E-state index >= 15 is 0 Å². The second-order valence-electron chi connectivity index (χ2n) is 7.88. The SMILES string of the molecule is Cn1cc(-c2cc3c(n4cnnc24)NCc2c(F)ccc4c2[C@H](CO4)CO3)ccc1=O.O=CO. The predicted molar refractivity (Wildman–Crippen MR) is 120 cm³/mol. The molecule has 4 aromatic rings. The fraction of sp³-hybridized carbons (Fsp3) is 0.217. The van der Waals surface area contributed by atoms with Gasteiger partial charge in [-0.15, -0.1) is 10.2 Å². The summed E-state index contributed by atoms with van der Waals surface area (Å²) in [6.45, 7) is 0.819. The van der Waals surface area contributed by atoms with Crippen molar-refractivity contribution in [1.29, 1.82) is 0 Å². The summed E-state index contributed by atoms with van der Waals surface area (Å²) in [5, 5.41) is 18.5. The van der Waals surface area contributed by atoms with Crippen LogP contribution in [0.5, 0.6) is 11.5 Å². The lowest BCUT2D eigenvalue weighted by atomic mass is 9.96. The maximum atomic E-state index is 14.7. The quantitative estimate of drug-likeness (QED) is 0.412. The van der Waals surface area contributed by atoms with E-state index in [-0.39, 0.29) is 30.3 Å². The minimum Gasteiger partial charge on any atom is -0.493 e. The van der Waals surface area contributed by atoms with Crippen molar-refractivity contribution in [3.8, 4) is 22.6 Å². The molecule has 1 aromatic carbocycles. The van der Waals surface area contributed by atoms with Crippen LogP contribution >= 0.6 is 0 Å². The first-order valence-corrected chi connectivity index (χ1v) is 10.4. The Hall–Kier alpha value is -4.41. The lowest BCUT2D eigenvalue weighted by Gasteiger charge is -2.17. The number of fused-ring (bicyclic) bond motifs is 3. The molecule has 2 aliphatic heterocycles. The molecule has 10 nitrogen and oxygen atoms in total. The van der Waals surface area contributed by atoms with Gasteiger partial charge in [-0.05, 0) is 24.3 Å². The monoisotopic (exact) mass is 465 g/mol. The number of hydrogen-bond acceptors (Lipinski definition) is 7. The van der Waals surface area contributed by atoms with Crippen LogP contribution in [0.2, 0.25) is 0 Å². The number of nitrogens with zero attached hydrogens (tertiary/aromatic N) is 4. The van der Waals surface area contributed by atoms with E-state index in [1.54, 1.807) is 36.1 Å². The average Bonchev–Trinajstić information content (AvgIpc) is 3.47. The van der Waals surface area contributed by atoms with E-state index in [9.17, 15) is 9.18 Å². The van der Waals surface area contributed by atoms with Crippen LogP contribution < -0.4 is 20.3 Å². The number of aromatic nitrogens is 4. The number of anilines is 1. The van der Waals surface area contributed by atoms with Crippen LogP contribution in [-0.2, 0) is 18.4 Å². The van der Waals surface area contributed by atoms with Gasteiger partial charge in [0, 0.05) is 48.1 Å². The molecular weight excluding hydrogens is 445 g/mol. The zero-order valence-corrected chi connectivity index (χ0v) is 18.1. The van der Waals surface area contributed by atoms with E-state index in [2.05, 4.69) is 15.5 Å². The molecule has 6 rings (SSSR count). The molecule has 0 saturated heterocycles. The van der Waals surface area contributed by atoms with Crippen molar-refractivity contribution in [2.45, 2.75) is 12.5 Å². The Morgan fingerprint density at radius 2 is 1.97 bits per heavy atom. The molecule has 0 fully saturated rings. The second-order valence-corrected chi connectivity index (χ2v) is 7.88. The molecule has 1 atom stereocenters. The fourth-order valence-corrected chi connectivity index (χ4v) is 4.35. The van der Waals surface area contributed by atoms with Gasteiger partial charge < -0.3 is 24.5 Å². The number of rotatable bonds is 1. The molecule has 2 aliphatic rings. The highest BCUT2D eigenvalue weighted by Crippen LogP contribution is 2.41. The Labute approximate surface area is 192 Å². The highest BCUT2D eigenvalue weighted by molar-refractivity contribution is 5.81. The van der Waals surface area contributed by atoms with E-state index < -0.39 is 0 Å². The highest BCUT2D eigenvalue weighted by Gasteiger charge is 2.31. The zero-order valence-electron chi connectivity index (χ0n) is 18.1. The molecule has 0 amide bonds. The lowest BCUT2D eigenvalue weighted by Crippen LogP contribution is -2.14. The van der Waals surface area contributed by atoms with Gasteiger partial charge in [-0.3, -0.25) is 14.0 Å². The Kier molecular flexibility index (Phi) is 5.36. The van der Waals surface area contributed by atoms with E-state index in [0.29, 0.717) is 41.7 Å². The molecule has 0 bridgehead atoms. The van der Waals surface area contributed by atoms with E-state index in [4.69, 9.17) is 19.4 Å². The molecule has 2 N–H and O–H groups in total. The molecule has 174 valence electrons. The largest absolute Gasteiger partial charge is 0.493 e. The molecule has 34 heavy (non-hydrogen) atoms. The molecule has 0 spiro atoms. The lowest BCUT2D eigenvalue weighted by molar-refractivity contribution is -0.122. The summed E-state index contributed by atoms with van der Waals surface area (Å²) >= 11 is 0. The van der Waals surface area contributed by atoms with Gasteiger partial charge >= 0.3 is 0 Å². The van der Waals surface area contributed by atoms with Crippen LogP contribution in [-0.4, -0.2) is 44.0 Å². The average molecular weight is 465 g/mol. The third-order valence-corrected chi connectivity index (χ3v) is 5.92. The fourth-order valence-electron chi connectivity index (χ4n) is 4.35. The summed E-state index contributed by atoms with van der Waals surface area (Å²) in [6.07, 6.45) is 3.34. The number of halogens is 1. The zero-order chi connectivity index (χ0) is 23.8. The van der Waals surface area contributed by atoms with Gasteiger partial charge in [0.1, 0.15) is 17.9 Å². The number of pyridine rings is 2. The van der Waals surface area contributed by atoms with Gasteiger partial charge in [0.05, 0.1) is 19.1 Å². The van der Waals surface area contributed by atoms with Gasteiger partial charge in [-0.1, -0.05) is 0 Å². The maximum Gasteiger partial charge on any atom is 0.290 e. The highest BCUT2D eigenvalue weighted by atomic mass is 19.1. The summed E-state index contributed by atoms with van der Waals surface area (Å²) in [5.74, 6) is 1.61. The molecule has 5 heterocycles. The number of nitrogens with one attached hydrogen (secondary N) is 1. The van der Waals surface area contributed by atoms with Crippen molar-refractivity contribution >= 4 is 17.9 Å². The predicted octanol–water partition coefficient (Wildman–Crippen LogP) is 2.42. The Bertz CT molecular complexity index is 1460. The number of carboxylic acid groups (broad SMARTS) is 1. The Balaban J connectivity index is 0.000000764. The summed E-state index contributed by atoms with van der Waals surface area (Å²) in [6, 6.07) is 8.27. The first kappa shape index (κ1) is 21.4. The summed E-state index contributed by atoms with van der Waals surface area (Å²) in [4.78, 5) is 20.2. The topological polar surface area (TPSA) is 120 Å². The van der Waals surface area contributed by atoms with Crippen molar-refractivity contribution in [3.05, 3.63) is 70.2 Å². The summed E-state index contributed by atoms with van der Waals surface area (Å²) < 4.78 is 30.0. The molecule has 0 radical (unpaired) electrons. The first-order valence-electron chi connectivity index (χ1n) is 10.4. The van der Waals surface area contributed by atoms with Gasteiger partial charge in [-0.25, -0.2) is 4.39 Å². The van der Waals surface area contributed by atoms with Crippen LogP contribution in [0.15, 0.2) is 47.7 Å². The van der Waals surface area contributed by atoms with Gasteiger partial charge in [0.2, 0.25) is 5.56 Å². The third kappa shape index (κ3) is 3.51. The summed E-state index contributed by atoms with van der Waals surface area (Å²) in [5.41, 5.74) is 3.54. The number of hydrogen-bond donors (Lipinski definition) is 2. The smallest absolute Gasteiger partial charge is 0.290 e. The minimum atomic E-state index is -0.271. The van der Waals surface area contributed by atoms with Crippen molar-refractivity contribution in [3.63, 3.8) is 0 Å². The van der Waals surface area contributed by atoms with E-state index in [1.165, 1.54) is 16.7 Å². The van der Waals surface area contributed by atoms with Crippen molar-refractivity contribution < 1.29 is 23.8 Å². The number of carbonyl (C=O) groups is 1. The second kappa shape index (κ2) is 8.50. The molecular formula is C23H20FN5O5. The van der Waals surface area contributed by atoms with Gasteiger partial charge in [-0.2, -0.15) is 0 Å². The van der Waals surface area contributed by atoms with Crippen molar-refractivity contribution in [2.75, 3.05) is 18.5 Å². The Morgan fingerprint density at radius 3 is 2.74 bits per heavy atom. The van der Waals surface area contributed by atoms with Crippen LogP contribution in [0.4, 0.5) is 10.2 Å². The van der Waals surface area contributed by atoms with Gasteiger partial charge in [0.15, 0.2) is 17.2 Å². The normalized spacial score (nSPS) is 15.8. The van der Waals surface area contributed by atoms with Crippen molar-refractivity contribution in [1.82, 2.24) is 19.2 Å².